The van der Waals surface area contributed by atoms with Crippen LogP contribution in [0.15, 0.2) is 36.9 Å². The van der Waals surface area contributed by atoms with Gasteiger partial charge in [-0.3, -0.25) is 9.59 Å². The molecule has 0 aromatic heterocycles. The van der Waals surface area contributed by atoms with Crippen molar-refractivity contribution < 1.29 is 29.3 Å². The lowest BCUT2D eigenvalue weighted by atomic mass is 10.0. The van der Waals surface area contributed by atoms with E-state index in [1.54, 1.807) is 32.9 Å². The van der Waals surface area contributed by atoms with Crippen LogP contribution >= 0.6 is 0 Å². The molecule has 3 amide bonds. The molecule has 4 N–H and O–H groups in total. The van der Waals surface area contributed by atoms with Gasteiger partial charge < -0.3 is 30.5 Å². The first kappa shape index (κ1) is 28.0. The number of hydrogen-bond acceptors (Lipinski definition) is 6. The molecule has 1 rings (SSSR count). The summed E-state index contributed by atoms with van der Waals surface area (Å²) in [6.45, 7) is 10.4. The van der Waals surface area contributed by atoms with E-state index in [0.29, 0.717) is 12.1 Å². The Balaban J connectivity index is 3.24. The Hall–Kier alpha value is -3.07. The van der Waals surface area contributed by atoms with Crippen LogP contribution in [0, 0.1) is 0 Å². The van der Waals surface area contributed by atoms with E-state index in [4.69, 9.17) is 4.74 Å². The number of carbonyl (C=O) groups excluding carboxylic acids is 3. The van der Waals surface area contributed by atoms with Gasteiger partial charge in [-0.15, -0.1) is 6.58 Å². The average molecular weight is 464 g/mol. The van der Waals surface area contributed by atoms with E-state index < -0.39 is 42.2 Å². The van der Waals surface area contributed by atoms with E-state index in [1.165, 1.54) is 23.1 Å². The maximum absolute atomic E-state index is 13.4. The number of benzene rings is 1. The fraction of sp³-hybridized carbons (Fsp3) is 0.542. The van der Waals surface area contributed by atoms with Crippen molar-refractivity contribution in [1.82, 2.24) is 15.5 Å². The number of hydrogen-bond donors (Lipinski definition) is 4. The van der Waals surface area contributed by atoms with E-state index >= 15 is 0 Å². The van der Waals surface area contributed by atoms with E-state index in [2.05, 4.69) is 24.1 Å². The number of phenolic OH excluding ortho intramolecular Hbond substituents is 1. The van der Waals surface area contributed by atoms with E-state index in [1.807, 2.05) is 0 Å². The predicted octanol–water partition coefficient (Wildman–Crippen LogP) is 2.64. The minimum Gasteiger partial charge on any atom is -0.508 e. The van der Waals surface area contributed by atoms with Crippen LogP contribution in [0.1, 0.15) is 58.6 Å². The molecular weight excluding hydrogens is 426 g/mol. The molecule has 2 atom stereocenters. The average Bonchev–Trinajstić information content (AvgIpc) is 2.73. The number of phenols is 1. The second-order valence-electron chi connectivity index (χ2n) is 8.66. The van der Waals surface area contributed by atoms with Crippen molar-refractivity contribution in [1.29, 1.82) is 0 Å². The second kappa shape index (κ2) is 13.5. The van der Waals surface area contributed by atoms with E-state index in [9.17, 15) is 24.6 Å². The molecule has 0 heterocycles. The minimum absolute atomic E-state index is 0.0337. The third kappa shape index (κ3) is 9.53. The van der Waals surface area contributed by atoms with Gasteiger partial charge in [0.05, 0.1) is 6.61 Å². The number of unbranched alkanes of at least 4 members (excludes halogenated alkanes) is 2. The first-order chi connectivity index (χ1) is 15.5. The van der Waals surface area contributed by atoms with Crippen LogP contribution in [-0.2, 0) is 14.3 Å². The number of aliphatic hydroxyl groups excluding tert-OH is 1. The number of aliphatic hydroxyl groups is 1. The van der Waals surface area contributed by atoms with Gasteiger partial charge in [-0.05, 0) is 44.9 Å². The van der Waals surface area contributed by atoms with Gasteiger partial charge in [0.2, 0.25) is 11.8 Å². The molecule has 0 spiro atoms. The molecule has 1 aromatic carbocycles. The van der Waals surface area contributed by atoms with Gasteiger partial charge >= 0.3 is 6.09 Å². The normalized spacial score (nSPS) is 12.9. The van der Waals surface area contributed by atoms with Gasteiger partial charge in [0.15, 0.2) is 0 Å². The minimum atomic E-state index is -1.34. The number of rotatable bonds is 12. The fourth-order valence-electron chi connectivity index (χ4n) is 3.15. The second-order valence-corrected chi connectivity index (χ2v) is 8.66. The number of aromatic hydroxyl groups is 1. The summed E-state index contributed by atoms with van der Waals surface area (Å²) in [4.78, 5) is 39.9. The van der Waals surface area contributed by atoms with Crippen LogP contribution in [0.5, 0.6) is 5.75 Å². The highest BCUT2D eigenvalue weighted by atomic mass is 16.6. The zero-order valence-electron chi connectivity index (χ0n) is 20.0. The van der Waals surface area contributed by atoms with Crippen molar-refractivity contribution in [2.45, 2.75) is 64.6 Å². The number of alkyl carbamates (subject to hydrolysis) is 1. The first-order valence-electron chi connectivity index (χ1n) is 11.1. The zero-order valence-corrected chi connectivity index (χ0v) is 20.0. The molecule has 0 fully saturated rings. The summed E-state index contributed by atoms with van der Waals surface area (Å²) < 4.78 is 5.18. The first-order valence-corrected chi connectivity index (χ1v) is 11.1. The van der Waals surface area contributed by atoms with Gasteiger partial charge in [0.25, 0.3) is 0 Å². The van der Waals surface area contributed by atoms with Gasteiger partial charge in [-0.2, -0.15) is 0 Å². The Morgan fingerprint density at radius 2 is 1.94 bits per heavy atom. The van der Waals surface area contributed by atoms with Crippen LogP contribution < -0.4 is 10.6 Å². The van der Waals surface area contributed by atoms with Gasteiger partial charge in [-0.1, -0.05) is 38.0 Å². The van der Waals surface area contributed by atoms with Crippen LogP contribution in [0.3, 0.4) is 0 Å². The lowest BCUT2D eigenvalue weighted by Crippen LogP contribution is -2.54. The van der Waals surface area contributed by atoms with Crippen molar-refractivity contribution in [3.63, 3.8) is 0 Å². The number of nitrogens with one attached hydrogen (secondary N) is 2. The molecule has 0 aliphatic rings. The highest BCUT2D eigenvalue weighted by Gasteiger charge is 2.35. The lowest BCUT2D eigenvalue weighted by molar-refractivity contribution is -0.142. The molecule has 0 radical (unpaired) electrons. The summed E-state index contributed by atoms with van der Waals surface area (Å²) >= 11 is 0. The Labute approximate surface area is 195 Å². The fourth-order valence-corrected chi connectivity index (χ4v) is 3.15. The molecule has 9 heteroatoms. The van der Waals surface area contributed by atoms with Crippen molar-refractivity contribution in [3.8, 4) is 5.75 Å². The topological polar surface area (TPSA) is 128 Å². The van der Waals surface area contributed by atoms with Crippen LogP contribution in [0.2, 0.25) is 0 Å². The molecule has 0 aliphatic heterocycles. The molecular formula is C24H37N3O6. The summed E-state index contributed by atoms with van der Waals surface area (Å²) in [6.07, 6.45) is 3.29. The Kier molecular flexibility index (Phi) is 11.4. The van der Waals surface area contributed by atoms with Gasteiger partial charge in [-0.25, -0.2) is 4.79 Å². The van der Waals surface area contributed by atoms with Crippen molar-refractivity contribution >= 4 is 17.9 Å². The molecule has 1 aromatic rings. The van der Waals surface area contributed by atoms with E-state index in [0.717, 1.165) is 19.3 Å². The van der Waals surface area contributed by atoms with E-state index in [-0.39, 0.29) is 12.3 Å². The van der Waals surface area contributed by atoms with Crippen LogP contribution in [-0.4, -0.2) is 64.4 Å². The summed E-state index contributed by atoms with van der Waals surface area (Å²) in [6, 6.07) is 3.59. The maximum atomic E-state index is 13.4. The molecule has 184 valence electrons. The Morgan fingerprint density at radius 1 is 1.24 bits per heavy atom. The highest BCUT2D eigenvalue weighted by Crippen LogP contribution is 2.25. The molecule has 0 aliphatic carbocycles. The Bertz CT molecular complexity index is 806. The van der Waals surface area contributed by atoms with Gasteiger partial charge in [0, 0.05) is 13.1 Å². The molecule has 0 bridgehead atoms. The SMILES string of the molecule is C=CCN(C(=O)C(CO)NC(=O)OC(C)(C)C)C(C(=O)NCCCCC)c1cccc(O)c1. The number of nitrogens with zero attached hydrogens (tertiary/aromatic N) is 1. The standard InChI is InChI=1S/C24H37N3O6/c1-6-8-9-13-25-21(30)20(17-11-10-12-18(29)15-17)27(14-7-2)22(31)19(16-28)26-23(32)33-24(3,4)5/h7,10-12,15,19-20,28-29H,2,6,8-9,13-14,16H2,1,3-5H3,(H,25,30)(H,26,32). The quantitative estimate of drug-likeness (QED) is 0.279. The number of amides is 3. The number of ether oxygens (including phenoxy) is 1. The lowest BCUT2D eigenvalue weighted by Gasteiger charge is -2.33. The smallest absolute Gasteiger partial charge is 0.408 e. The summed E-state index contributed by atoms with van der Waals surface area (Å²) in [5, 5.41) is 25.0. The van der Waals surface area contributed by atoms with Crippen molar-refractivity contribution in [2.75, 3.05) is 19.7 Å². The molecule has 0 saturated heterocycles. The third-order valence-electron chi connectivity index (χ3n) is 4.61. The largest absolute Gasteiger partial charge is 0.508 e. The predicted molar refractivity (Wildman–Crippen MR) is 126 cm³/mol. The summed E-state index contributed by atoms with van der Waals surface area (Å²) in [5.74, 6) is -1.20. The van der Waals surface area contributed by atoms with Gasteiger partial charge in [0.1, 0.15) is 23.4 Å². The highest BCUT2D eigenvalue weighted by molar-refractivity contribution is 5.92. The monoisotopic (exact) mass is 463 g/mol. The van der Waals surface area contributed by atoms with Crippen LogP contribution in [0.25, 0.3) is 0 Å². The molecule has 2 unspecified atom stereocenters. The molecule has 33 heavy (non-hydrogen) atoms. The summed E-state index contributed by atoms with van der Waals surface area (Å²) in [5.41, 5.74) is -0.414. The van der Waals surface area contributed by atoms with Crippen molar-refractivity contribution in [3.05, 3.63) is 42.5 Å². The Morgan fingerprint density at radius 3 is 2.48 bits per heavy atom. The number of carbonyl (C=O) groups is 3. The summed E-state index contributed by atoms with van der Waals surface area (Å²) in [7, 11) is 0. The van der Waals surface area contributed by atoms with Crippen molar-refractivity contribution in [2.24, 2.45) is 0 Å². The van der Waals surface area contributed by atoms with Crippen LogP contribution in [0.4, 0.5) is 4.79 Å². The third-order valence-corrected chi connectivity index (χ3v) is 4.61. The molecule has 9 nitrogen and oxygen atoms in total. The molecule has 0 saturated carbocycles. The zero-order chi connectivity index (χ0) is 25.0. The maximum Gasteiger partial charge on any atom is 0.408 e.